The Morgan fingerprint density at radius 2 is 1.84 bits per heavy atom. The van der Waals surface area contributed by atoms with Crippen LogP contribution >= 0.6 is 0 Å². The highest BCUT2D eigenvalue weighted by Crippen LogP contribution is 2.14. The Morgan fingerprint density at radius 3 is 2.26 bits per heavy atom. The predicted octanol–water partition coefficient (Wildman–Crippen LogP) is 1.98. The monoisotopic (exact) mass is 265 g/mol. The van der Waals surface area contributed by atoms with E-state index < -0.39 is 18.1 Å². The largest absolute Gasteiger partial charge is 0.480 e. The summed E-state index contributed by atoms with van der Waals surface area (Å²) in [5.74, 6) is -0.907. The number of aliphatic hydroxyl groups excluding tert-OH is 1. The highest BCUT2D eigenvalue weighted by Gasteiger charge is 2.21. The molecule has 106 valence electrons. The van der Waals surface area contributed by atoms with E-state index in [0.717, 1.165) is 12.0 Å². The van der Waals surface area contributed by atoms with E-state index in [2.05, 4.69) is 12.2 Å². The zero-order valence-corrected chi connectivity index (χ0v) is 11.8. The lowest BCUT2D eigenvalue weighted by Crippen LogP contribution is -2.42. The van der Waals surface area contributed by atoms with Gasteiger partial charge in [0.1, 0.15) is 6.04 Å². The molecule has 0 aromatic heterocycles. The number of hydrogen-bond acceptors (Lipinski definition) is 3. The van der Waals surface area contributed by atoms with E-state index in [1.807, 2.05) is 38.1 Å². The lowest BCUT2D eigenvalue weighted by Gasteiger charge is -2.20. The number of rotatable bonds is 7. The summed E-state index contributed by atoms with van der Waals surface area (Å²) in [7, 11) is 0. The molecule has 1 aromatic rings. The van der Waals surface area contributed by atoms with Crippen molar-refractivity contribution in [2.75, 3.05) is 6.54 Å². The molecule has 3 N–H and O–H groups in total. The zero-order chi connectivity index (χ0) is 14.4. The maximum Gasteiger partial charge on any atom is 0.320 e. The highest BCUT2D eigenvalue weighted by atomic mass is 16.4. The summed E-state index contributed by atoms with van der Waals surface area (Å²) in [4.78, 5) is 11.0. The van der Waals surface area contributed by atoms with Gasteiger partial charge in [-0.1, -0.05) is 45.0 Å². The van der Waals surface area contributed by atoms with Gasteiger partial charge in [0.2, 0.25) is 0 Å². The topological polar surface area (TPSA) is 69.6 Å². The van der Waals surface area contributed by atoms with Gasteiger partial charge in [-0.05, 0) is 23.5 Å². The lowest BCUT2D eigenvalue weighted by molar-refractivity contribution is -0.140. The summed E-state index contributed by atoms with van der Waals surface area (Å²) in [6.45, 7) is 6.00. The minimum atomic E-state index is -0.886. The summed E-state index contributed by atoms with van der Waals surface area (Å²) in [5.41, 5.74) is 2.02. The van der Waals surface area contributed by atoms with Gasteiger partial charge in [-0.3, -0.25) is 4.79 Å². The van der Waals surface area contributed by atoms with Gasteiger partial charge < -0.3 is 15.5 Å². The van der Waals surface area contributed by atoms with Crippen molar-refractivity contribution in [3.8, 4) is 0 Å². The number of aliphatic hydroxyl groups is 1. The Kier molecular flexibility index (Phi) is 5.99. The van der Waals surface area contributed by atoms with Crippen LogP contribution in [0.25, 0.3) is 0 Å². The summed E-state index contributed by atoms with van der Waals surface area (Å²) in [5, 5.41) is 22.0. The second-order valence-electron chi connectivity index (χ2n) is 5.08. The van der Waals surface area contributed by atoms with Gasteiger partial charge in [0, 0.05) is 6.54 Å². The Morgan fingerprint density at radius 1 is 1.26 bits per heavy atom. The molecule has 19 heavy (non-hydrogen) atoms. The molecule has 0 aliphatic rings. The quantitative estimate of drug-likeness (QED) is 0.705. The van der Waals surface area contributed by atoms with Crippen molar-refractivity contribution in [1.82, 2.24) is 5.32 Å². The molecular formula is C15H23NO3. The van der Waals surface area contributed by atoms with Crippen molar-refractivity contribution >= 4 is 5.97 Å². The maximum absolute atomic E-state index is 11.0. The number of carboxylic acids is 1. The number of benzene rings is 1. The van der Waals surface area contributed by atoms with E-state index >= 15 is 0 Å². The third kappa shape index (κ3) is 4.65. The number of nitrogens with one attached hydrogen (secondary N) is 1. The van der Waals surface area contributed by atoms with Crippen LogP contribution < -0.4 is 5.32 Å². The van der Waals surface area contributed by atoms with Crippen LogP contribution in [0, 0.1) is 5.92 Å². The van der Waals surface area contributed by atoms with Crippen molar-refractivity contribution in [3.05, 3.63) is 35.4 Å². The summed E-state index contributed by atoms with van der Waals surface area (Å²) in [6, 6.07) is 7.10. The number of aryl methyl sites for hydroxylation is 1. The van der Waals surface area contributed by atoms with E-state index in [4.69, 9.17) is 5.11 Å². The second-order valence-corrected chi connectivity index (χ2v) is 5.08. The first kappa shape index (κ1) is 15.7. The highest BCUT2D eigenvalue weighted by molar-refractivity contribution is 5.73. The summed E-state index contributed by atoms with van der Waals surface area (Å²) in [6.07, 6.45) is 0.273. The molecule has 4 nitrogen and oxygen atoms in total. The number of aliphatic carboxylic acids is 1. The Bertz CT molecular complexity index is 400. The average Bonchev–Trinajstić information content (AvgIpc) is 2.38. The first-order valence-electron chi connectivity index (χ1n) is 6.68. The molecule has 2 unspecified atom stereocenters. The molecule has 0 saturated carbocycles. The van der Waals surface area contributed by atoms with Gasteiger partial charge in [0.05, 0.1) is 6.10 Å². The fourth-order valence-corrected chi connectivity index (χ4v) is 1.94. The van der Waals surface area contributed by atoms with Crippen molar-refractivity contribution in [3.63, 3.8) is 0 Å². The van der Waals surface area contributed by atoms with Crippen LogP contribution in [0.4, 0.5) is 0 Å². The molecule has 0 fully saturated rings. The normalized spacial score (nSPS) is 14.4. The third-order valence-electron chi connectivity index (χ3n) is 3.24. The molecule has 0 saturated heterocycles. The molecule has 1 aromatic carbocycles. The first-order valence-corrected chi connectivity index (χ1v) is 6.68. The fourth-order valence-electron chi connectivity index (χ4n) is 1.94. The van der Waals surface area contributed by atoms with Crippen molar-refractivity contribution in [2.24, 2.45) is 5.92 Å². The van der Waals surface area contributed by atoms with Crippen molar-refractivity contribution in [1.29, 1.82) is 0 Å². The van der Waals surface area contributed by atoms with Crippen LogP contribution in [0.1, 0.15) is 38.0 Å². The van der Waals surface area contributed by atoms with E-state index in [0.29, 0.717) is 0 Å². The van der Waals surface area contributed by atoms with E-state index in [-0.39, 0.29) is 12.5 Å². The van der Waals surface area contributed by atoms with Crippen LogP contribution in [-0.2, 0) is 11.2 Å². The van der Waals surface area contributed by atoms with Crippen molar-refractivity contribution in [2.45, 2.75) is 39.3 Å². The number of carbonyl (C=O) groups is 1. The minimum absolute atomic E-state index is 0.0211. The van der Waals surface area contributed by atoms with E-state index in [1.165, 1.54) is 5.56 Å². The Hall–Kier alpha value is -1.39. The smallest absolute Gasteiger partial charge is 0.320 e. The van der Waals surface area contributed by atoms with Gasteiger partial charge in [-0.2, -0.15) is 0 Å². The predicted molar refractivity (Wildman–Crippen MR) is 75.0 cm³/mol. The van der Waals surface area contributed by atoms with Gasteiger partial charge >= 0.3 is 5.97 Å². The Labute approximate surface area is 114 Å². The van der Waals surface area contributed by atoms with Crippen LogP contribution in [0.15, 0.2) is 24.3 Å². The molecule has 0 aliphatic heterocycles. The molecule has 0 aliphatic carbocycles. The molecule has 1 rings (SSSR count). The van der Waals surface area contributed by atoms with E-state index in [1.54, 1.807) is 0 Å². The minimum Gasteiger partial charge on any atom is -0.480 e. The molecule has 0 heterocycles. The van der Waals surface area contributed by atoms with E-state index in [9.17, 15) is 9.90 Å². The molecule has 4 heteroatoms. The van der Waals surface area contributed by atoms with Gasteiger partial charge in [0.25, 0.3) is 0 Å². The standard InChI is InChI=1S/C15H23NO3/c1-4-11-5-7-12(8-6-11)13(17)9-16-14(10(2)3)15(18)19/h5-8,10,13-14,16-17H,4,9H2,1-3H3,(H,18,19). The zero-order valence-electron chi connectivity index (χ0n) is 11.8. The van der Waals surface area contributed by atoms with Gasteiger partial charge in [-0.25, -0.2) is 0 Å². The summed E-state index contributed by atoms with van der Waals surface area (Å²) >= 11 is 0. The van der Waals surface area contributed by atoms with Crippen LogP contribution in [-0.4, -0.2) is 28.8 Å². The molecule has 0 spiro atoms. The van der Waals surface area contributed by atoms with Crippen LogP contribution in [0.3, 0.4) is 0 Å². The average molecular weight is 265 g/mol. The lowest BCUT2D eigenvalue weighted by atomic mass is 10.0. The maximum atomic E-state index is 11.0. The number of carboxylic acid groups (broad SMARTS) is 1. The number of hydrogen-bond donors (Lipinski definition) is 3. The SMILES string of the molecule is CCc1ccc(C(O)CNC(C(=O)O)C(C)C)cc1. The second kappa shape index (κ2) is 7.26. The fraction of sp³-hybridized carbons (Fsp3) is 0.533. The van der Waals surface area contributed by atoms with Gasteiger partial charge in [-0.15, -0.1) is 0 Å². The van der Waals surface area contributed by atoms with Crippen molar-refractivity contribution < 1.29 is 15.0 Å². The van der Waals surface area contributed by atoms with Gasteiger partial charge in [0.15, 0.2) is 0 Å². The van der Waals surface area contributed by atoms with Crippen LogP contribution in [0.2, 0.25) is 0 Å². The molecule has 0 radical (unpaired) electrons. The summed E-state index contributed by atoms with van der Waals surface area (Å²) < 4.78 is 0. The Balaban J connectivity index is 2.58. The van der Waals surface area contributed by atoms with Crippen LogP contribution in [0.5, 0.6) is 0 Å². The molecule has 0 bridgehead atoms. The molecular weight excluding hydrogens is 242 g/mol. The molecule has 0 amide bonds. The third-order valence-corrected chi connectivity index (χ3v) is 3.24. The first-order chi connectivity index (χ1) is 8.95. The molecule has 2 atom stereocenters.